The molecule has 8 nitrogen and oxygen atoms in total. The Morgan fingerprint density at radius 2 is 1.83 bits per heavy atom. The van der Waals surface area contributed by atoms with Crippen molar-refractivity contribution in [1.82, 2.24) is 14.7 Å². The van der Waals surface area contributed by atoms with Gasteiger partial charge in [0.25, 0.3) is 5.91 Å². The molecule has 2 amide bonds. The smallest absolute Gasteiger partial charge is 0.256 e. The highest BCUT2D eigenvalue weighted by atomic mass is 35.5. The summed E-state index contributed by atoms with van der Waals surface area (Å²) in [6, 6.07) is 13.5. The SMILES string of the molecule is CCOc1ccc(NC(=O)CC2C(=O)N(c3cccc(Cl)c3)C(=S)N2CCN2CCN(C)CC2)cc1. The van der Waals surface area contributed by atoms with Gasteiger partial charge >= 0.3 is 0 Å². The van der Waals surface area contributed by atoms with E-state index < -0.39 is 6.04 Å². The second-order valence-corrected chi connectivity index (χ2v) is 9.80. The van der Waals surface area contributed by atoms with Crippen molar-refractivity contribution < 1.29 is 14.3 Å². The lowest BCUT2D eigenvalue weighted by molar-refractivity contribution is -0.124. The molecule has 0 bridgehead atoms. The zero-order valence-corrected chi connectivity index (χ0v) is 22.2. The van der Waals surface area contributed by atoms with E-state index in [9.17, 15) is 9.59 Å². The number of carbonyl (C=O) groups is 2. The van der Waals surface area contributed by atoms with Crippen molar-refractivity contribution in [1.29, 1.82) is 0 Å². The van der Waals surface area contributed by atoms with E-state index in [1.807, 2.05) is 11.8 Å². The topological polar surface area (TPSA) is 68.4 Å². The molecule has 2 aliphatic heterocycles. The number of nitrogens with one attached hydrogen (secondary N) is 1. The minimum atomic E-state index is -0.688. The summed E-state index contributed by atoms with van der Waals surface area (Å²) < 4.78 is 5.46. The molecule has 0 radical (unpaired) electrons. The number of thiocarbonyl (C=S) groups is 1. The number of likely N-dealkylation sites (N-methyl/N-ethyl adjacent to an activating group) is 1. The van der Waals surface area contributed by atoms with Crippen LogP contribution < -0.4 is 15.0 Å². The zero-order chi connectivity index (χ0) is 25.7. The number of halogens is 1. The fourth-order valence-corrected chi connectivity index (χ4v) is 5.05. The molecule has 1 atom stereocenters. The van der Waals surface area contributed by atoms with Gasteiger partial charge in [-0.2, -0.15) is 0 Å². The number of rotatable bonds is 9. The van der Waals surface area contributed by atoms with Gasteiger partial charge in [0.05, 0.1) is 18.7 Å². The zero-order valence-electron chi connectivity index (χ0n) is 20.7. The Kier molecular flexibility index (Phi) is 8.79. The van der Waals surface area contributed by atoms with Gasteiger partial charge in [-0.15, -0.1) is 0 Å². The number of carbonyl (C=O) groups excluding carboxylic acids is 2. The average molecular weight is 530 g/mol. The lowest BCUT2D eigenvalue weighted by Crippen LogP contribution is -2.48. The van der Waals surface area contributed by atoms with Crippen LogP contribution in [-0.2, 0) is 9.59 Å². The molecular weight excluding hydrogens is 498 g/mol. The molecule has 2 aromatic carbocycles. The monoisotopic (exact) mass is 529 g/mol. The molecule has 2 fully saturated rings. The van der Waals surface area contributed by atoms with Crippen LogP contribution in [0.3, 0.4) is 0 Å². The summed E-state index contributed by atoms with van der Waals surface area (Å²) in [6.45, 7) is 7.76. The van der Waals surface area contributed by atoms with Crippen LogP contribution in [0, 0.1) is 0 Å². The molecule has 2 aromatic rings. The minimum absolute atomic E-state index is 0.00795. The predicted octanol–water partition coefficient (Wildman–Crippen LogP) is 3.32. The third-order valence-electron chi connectivity index (χ3n) is 6.47. The minimum Gasteiger partial charge on any atom is -0.494 e. The van der Waals surface area contributed by atoms with E-state index in [0.29, 0.717) is 34.7 Å². The van der Waals surface area contributed by atoms with Gasteiger partial charge < -0.3 is 19.9 Å². The van der Waals surface area contributed by atoms with E-state index in [0.717, 1.165) is 38.5 Å². The maximum atomic E-state index is 13.6. The second kappa shape index (κ2) is 12.0. The van der Waals surface area contributed by atoms with Crippen LogP contribution in [-0.4, -0.2) is 90.6 Å². The highest BCUT2D eigenvalue weighted by molar-refractivity contribution is 7.80. The first-order valence-electron chi connectivity index (χ1n) is 12.2. The van der Waals surface area contributed by atoms with Gasteiger partial charge in [0.15, 0.2) is 5.11 Å². The quantitative estimate of drug-likeness (QED) is 0.500. The van der Waals surface area contributed by atoms with Crippen LogP contribution in [0.1, 0.15) is 13.3 Å². The van der Waals surface area contributed by atoms with E-state index in [4.69, 9.17) is 28.6 Å². The van der Waals surface area contributed by atoms with Gasteiger partial charge in [-0.1, -0.05) is 17.7 Å². The molecule has 36 heavy (non-hydrogen) atoms. The van der Waals surface area contributed by atoms with Crippen molar-refractivity contribution in [2.45, 2.75) is 19.4 Å². The van der Waals surface area contributed by atoms with Crippen LogP contribution in [0.25, 0.3) is 0 Å². The summed E-state index contributed by atoms with van der Waals surface area (Å²) >= 11 is 12.0. The first-order valence-corrected chi connectivity index (χ1v) is 13.0. The number of nitrogens with zero attached hydrogens (tertiary/aromatic N) is 4. The Balaban J connectivity index is 1.48. The summed E-state index contributed by atoms with van der Waals surface area (Å²) in [6.07, 6.45) is -0.00795. The Labute approximate surface area is 222 Å². The lowest BCUT2D eigenvalue weighted by atomic mass is 10.1. The molecule has 2 aliphatic rings. The number of piperazine rings is 1. The Morgan fingerprint density at radius 3 is 2.50 bits per heavy atom. The molecule has 0 aliphatic carbocycles. The molecular formula is C26H32ClN5O3S. The number of hydrogen-bond donors (Lipinski definition) is 1. The number of anilines is 2. The first-order chi connectivity index (χ1) is 17.4. The molecule has 1 unspecified atom stereocenters. The van der Waals surface area contributed by atoms with Crippen LogP contribution in [0.2, 0.25) is 5.02 Å². The molecule has 0 saturated carbocycles. The van der Waals surface area contributed by atoms with Gasteiger partial charge in [0.2, 0.25) is 5.91 Å². The number of amides is 2. The van der Waals surface area contributed by atoms with Gasteiger partial charge in [-0.25, -0.2) is 0 Å². The maximum absolute atomic E-state index is 13.6. The molecule has 2 heterocycles. The highest BCUT2D eigenvalue weighted by Gasteiger charge is 2.44. The molecule has 0 spiro atoms. The molecule has 1 N–H and O–H groups in total. The highest BCUT2D eigenvalue weighted by Crippen LogP contribution is 2.29. The fraction of sp³-hybridized carbons (Fsp3) is 0.423. The summed E-state index contributed by atoms with van der Waals surface area (Å²) in [5.41, 5.74) is 1.25. The largest absolute Gasteiger partial charge is 0.494 e. The Morgan fingerprint density at radius 1 is 1.11 bits per heavy atom. The van der Waals surface area contributed by atoms with Crippen molar-refractivity contribution in [2.75, 3.05) is 63.1 Å². The summed E-state index contributed by atoms with van der Waals surface area (Å²) in [4.78, 5) is 34.6. The van der Waals surface area contributed by atoms with E-state index in [2.05, 4.69) is 22.2 Å². The van der Waals surface area contributed by atoms with Crippen LogP contribution in [0.4, 0.5) is 11.4 Å². The molecule has 0 aromatic heterocycles. The third kappa shape index (κ3) is 6.34. The lowest BCUT2D eigenvalue weighted by Gasteiger charge is -2.34. The summed E-state index contributed by atoms with van der Waals surface area (Å²) in [5, 5.41) is 3.81. The molecule has 10 heteroatoms. The number of benzene rings is 2. The Hall–Kier alpha value is -2.72. The number of ether oxygens (including phenoxy) is 1. The van der Waals surface area contributed by atoms with E-state index >= 15 is 0 Å². The first kappa shape index (κ1) is 26.3. The summed E-state index contributed by atoms with van der Waals surface area (Å²) in [7, 11) is 2.12. The van der Waals surface area contributed by atoms with E-state index in [1.165, 1.54) is 4.90 Å². The van der Waals surface area contributed by atoms with Gasteiger partial charge in [-0.05, 0) is 68.7 Å². The van der Waals surface area contributed by atoms with Crippen molar-refractivity contribution >= 4 is 52.1 Å². The predicted molar refractivity (Wildman–Crippen MR) is 147 cm³/mol. The Bertz CT molecular complexity index is 1090. The van der Waals surface area contributed by atoms with Crippen LogP contribution in [0.5, 0.6) is 5.75 Å². The van der Waals surface area contributed by atoms with Crippen molar-refractivity contribution in [3.8, 4) is 5.75 Å². The molecule has 192 valence electrons. The molecule has 2 saturated heterocycles. The van der Waals surface area contributed by atoms with Crippen molar-refractivity contribution in [3.05, 3.63) is 53.6 Å². The normalized spacial score (nSPS) is 19.1. The van der Waals surface area contributed by atoms with Crippen molar-refractivity contribution in [3.63, 3.8) is 0 Å². The van der Waals surface area contributed by atoms with Gasteiger partial charge in [0, 0.05) is 50.0 Å². The van der Waals surface area contributed by atoms with Crippen LogP contribution in [0.15, 0.2) is 48.5 Å². The van der Waals surface area contributed by atoms with Crippen LogP contribution >= 0.6 is 23.8 Å². The van der Waals surface area contributed by atoms with E-state index in [1.54, 1.807) is 48.5 Å². The van der Waals surface area contributed by atoms with E-state index in [-0.39, 0.29) is 18.2 Å². The third-order valence-corrected chi connectivity index (χ3v) is 7.12. The van der Waals surface area contributed by atoms with Crippen molar-refractivity contribution in [2.24, 2.45) is 0 Å². The number of hydrogen-bond acceptors (Lipinski definition) is 6. The maximum Gasteiger partial charge on any atom is 0.256 e. The summed E-state index contributed by atoms with van der Waals surface area (Å²) in [5.74, 6) is 0.263. The fourth-order valence-electron chi connectivity index (χ4n) is 4.45. The average Bonchev–Trinajstić information content (AvgIpc) is 3.08. The molecule has 4 rings (SSSR count). The van der Waals surface area contributed by atoms with Gasteiger partial charge in [0.1, 0.15) is 11.8 Å². The van der Waals surface area contributed by atoms with Gasteiger partial charge in [-0.3, -0.25) is 19.4 Å². The standard InChI is InChI=1S/C26H32ClN5O3S/c1-3-35-22-9-7-20(8-10-22)28-24(33)18-23-25(34)32(21-6-4-5-19(27)17-21)26(36)31(23)16-15-30-13-11-29(2)12-14-30/h4-10,17,23H,3,11-16,18H2,1-2H3,(H,28,33). The second-order valence-electron chi connectivity index (χ2n) is 9.00.